The first-order chi connectivity index (χ1) is 14.0. The topological polar surface area (TPSA) is 148 Å². The minimum absolute atomic E-state index is 0.0754. The Kier molecular flexibility index (Phi) is 11.0. The Morgan fingerprint density at radius 1 is 0.935 bits per heavy atom. The lowest BCUT2D eigenvalue weighted by Crippen LogP contribution is -2.57. The van der Waals surface area contributed by atoms with E-state index in [9.17, 15) is 24.3 Å². The lowest BCUT2D eigenvalue weighted by atomic mass is 10.0. The number of amides is 3. The summed E-state index contributed by atoms with van der Waals surface area (Å²) in [4.78, 5) is 51.0. The van der Waals surface area contributed by atoms with Gasteiger partial charge in [-0.05, 0) is 73.3 Å². The lowest BCUT2D eigenvalue weighted by Gasteiger charge is -2.33. The third kappa shape index (κ3) is 11.0. The van der Waals surface area contributed by atoms with Crippen molar-refractivity contribution in [3.8, 4) is 0 Å². The van der Waals surface area contributed by atoms with Crippen molar-refractivity contribution in [2.45, 2.75) is 97.9 Å². The minimum Gasteiger partial charge on any atom is -0.480 e. The molecule has 31 heavy (non-hydrogen) atoms. The largest absolute Gasteiger partial charge is 0.480 e. The van der Waals surface area contributed by atoms with E-state index >= 15 is 0 Å². The van der Waals surface area contributed by atoms with Crippen molar-refractivity contribution in [2.24, 2.45) is 11.7 Å². The number of ether oxygens (including phenoxy) is 2. The molecule has 180 valence electrons. The molecular weight excluding hydrogens is 406 g/mol. The molecular formula is C21H39N3O7. The first-order valence-corrected chi connectivity index (χ1v) is 10.5. The second kappa shape index (κ2) is 11.9. The van der Waals surface area contributed by atoms with Crippen LogP contribution >= 0.6 is 0 Å². The van der Waals surface area contributed by atoms with Gasteiger partial charge in [-0.1, -0.05) is 13.8 Å². The Bertz CT molecular complexity index is 608. The van der Waals surface area contributed by atoms with Crippen LogP contribution in [0.4, 0.5) is 9.59 Å². The standard InChI is InChI=1S/C21H39N3O7/c1-13(2)15(17(26)27)23-16(25)14(11-9-10-12-22)24(18(28)30-20(3,4)5)19(29)31-21(6,7)8/h13-15H,9-12,22H2,1-8H3,(H,23,25)(H,26,27)/t14-,15-/m0/s1. The van der Waals surface area contributed by atoms with E-state index in [2.05, 4.69) is 5.32 Å². The summed E-state index contributed by atoms with van der Waals surface area (Å²) in [5, 5.41) is 11.9. The van der Waals surface area contributed by atoms with Gasteiger partial charge in [-0.15, -0.1) is 0 Å². The maximum Gasteiger partial charge on any atom is 0.420 e. The van der Waals surface area contributed by atoms with Gasteiger partial charge in [0.15, 0.2) is 0 Å². The molecule has 0 heterocycles. The maximum atomic E-state index is 13.1. The van der Waals surface area contributed by atoms with Crippen LogP contribution in [-0.4, -0.2) is 63.9 Å². The average molecular weight is 446 g/mol. The normalized spacial score (nSPS) is 13.9. The van der Waals surface area contributed by atoms with Crippen LogP contribution < -0.4 is 11.1 Å². The molecule has 0 bridgehead atoms. The van der Waals surface area contributed by atoms with Crippen LogP contribution in [0.2, 0.25) is 0 Å². The van der Waals surface area contributed by atoms with Crippen molar-refractivity contribution in [1.29, 1.82) is 0 Å². The molecule has 0 unspecified atom stereocenters. The molecule has 10 nitrogen and oxygen atoms in total. The monoisotopic (exact) mass is 445 g/mol. The Labute approximate surface area is 184 Å². The molecule has 2 atom stereocenters. The molecule has 0 rings (SSSR count). The fourth-order valence-corrected chi connectivity index (χ4v) is 2.57. The third-order valence-electron chi connectivity index (χ3n) is 3.96. The van der Waals surface area contributed by atoms with Gasteiger partial charge in [0.1, 0.15) is 23.3 Å². The Balaban J connectivity index is 6.11. The van der Waals surface area contributed by atoms with Gasteiger partial charge < -0.3 is 25.6 Å². The van der Waals surface area contributed by atoms with E-state index < -0.39 is 53.3 Å². The van der Waals surface area contributed by atoms with Gasteiger partial charge in [0, 0.05) is 0 Å². The molecule has 0 spiro atoms. The number of unbranched alkanes of at least 4 members (excludes halogenated alkanes) is 1. The number of nitrogens with one attached hydrogen (secondary N) is 1. The number of carboxylic acids is 1. The maximum absolute atomic E-state index is 13.1. The van der Waals surface area contributed by atoms with E-state index in [4.69, 9.17) is 15.2 Å². The van der Waals surface area contributed by atoms with Crippen molar-refractivity contribution >= 4 is 24.1 Å². The van der Waals surface area contributed by atoms with E-state index in [1.54, 1.807) is 55.4 Å². The number of carbonyl (C=O) groups is 4. The molecule has 0 fully saturated rings. The number of nitrogens with two attached hydrogens (primary N) is 1. The van der Waals surface area contributed by atoms with Gasteiger partial charge in [-0.3, -0.25) is 4.79 Å². The lowest BCUT2D eigenvalue weighted by molar-refractivity contribution is -0.143. The summed E-state index contributed by atoms with van der Waals surface area (Å²) in [7, 11) is 0. The highest BCUT2D eigenvalue weighted by molar-refractivity contribution is 5.96. The number of imide groups is 1. The summed E-state index contributed by atoms with van der Waals surface area (Å²) in [5.41, 5.74) is 3.67. The van der Waals surface area contributed by atoms with Crippen molar-refractivity contribution in [3.63, 3.8) is 0 Å². The van der Waals surface area contributed by atoms with Crippen LogP contribution in [0.5, 0.6) is 0 Å². The van der Waals surface area contributed by atoms with Crippen LogP contribution in [0.3, 0.4) is 0 Å². The average Bonchev–Trinajstić information content (AvgIpc) is 2.54. The minimum atomic E-state index is -1.32. The number of aliphatic carboxylic acids is 1. The highest BCUT2D eigenvalue weighted by Gasteiger charge is 2.41. The van der Waals surface area contributed by atoms with Crippen molar-refractivity contribution in [1.82, 2.24) is 10.2 Å². The molecule has 0 saturated carbocycles. The summed E-state index contributed by atoms with van der Waals surface area (Å²) in [6.07, 6.45) is -1.05. The first-order valence-electron chi connectivity index (χ1n) is 10.5. The zero-order valence-corrected chi connectivity index (χ0v) is 20.0. The summed E-state index contributed by atoms with van der Waals surface area (Å²) < 4.78 is 10.7. The third-order valence-corrected chi connectivity index (χ3v) is 3.96. The first kappa shape index (κ1) is 28.6. The van der Waals surface area contributed by atoms with Crippen LogP contribution in [-0.2, 0) is 19.1 Å². The second-order valence-electron chi connectivity index (χ2n) is 9.70. The molecule has 0 radical (unpaired) electrons. The molecule has 3 amide bonds. The number of hydrogen-bond acceptors (Lipinski definition) is 7. The van der Waals surface area contributed by atoms with Gasteiger partial charge in [0.2, 0.25) is 5.91 Å². The zero-order chi connectivity index (χ0) is 24.6. The van der Waals surface area contributed by atoms with E-state index in [0.29, 0.717) is 24.3 Å². The van der Waals surface area contributed by atoms with Crippen molar-refractivity contribution in [3.05, 3.63) is 0 Å². The predicted molar refractivity (Wildman–Crippen MR) is 115 cm³/mol. The predicted octanol–water partition coefficient (Wildman–Crippen LogP) is 2.88. The highest BCUT2D eigenvalue weighted by Crippen LogP contribution is 2.20. The van der Waals surface area contributed by atoms with Crippen LogP contribution in [0, 0.1) is 5.92 Å². The summed E-state index contributed by atoms with van der Waals surface area (Å²) >= 11 is 0. The fraction of sp³-hybridized carbons (Fsp3) is 0.810. The molecule has 0 aromatic heterocycles. The van der Waals surface area contributed by atoms with E-state index in [0.717, 1.165) is 0 Å². The Morgan fingerprint density at radius 2 is 1.39 bits per heavy atom. The molecule has 0 aromatic carbocycles. The van der Waals surface area contributed by atoms with Gasteiger partial charge >= 0.3 is 18.2 Å². The Morgan fingerprint density at radius 3 is 1.71 bits per heavy atom. The van der Waals surface area contributed by atoms with Gasteiger partial charge in [0.25, 0.3) is 0 Å². The fourth-order valence-electron chi connectivity index (χ4n) is 2.57. The molecule has 0 saturated heterocycles. The highest BCUT2D eigenvalue weighted by atomic mass is 16.6. The molecule has 0 aliphatic carbocycles. The van der Waals surface area contributed by atoms with Crippen molar-refractivity contribution < 1.29 is 33.8 Å². The number of nitrogens with zero attached hydrogens (tertiary/aromatic N) is 1. The van der Waals surface area contributed by atoms with Crippen LogP contribution in [0.15, 0.2) is 0 Å². The molecule has 4 N–H and O–H groups in total. The SMILES string of the molecule is CC(C)[C@H](NC(=O)[C@H](CCCCN)N(C(=O)OC(C)(C)C)C(=O)OC(C)(C)C)C(=O)O. The second-order valence-corrected chi connectivity index (χ2v) is 9.70. The quantitative estimate of drug-likeness (QED) is 0.459. The van der Waals surface area contributed by atoms with Crippen LogP contribution in [0.1, 0.15) is 74.7 Å². The van der Waals surface area contributed by atoms with Crippen molar-refractivity contribution in [2.75, 3.05) is 6.54 Å². The molecule has 0 aliphatic rings. The zero-order valence-electron chi connectivity index (χ0n) is 20.0. The Hall–Kier alpha value is -2.36. The van der Waals surface area contributed by atoms with Gasteiger partial charge in [-0.2, -0.15) is 4.90 Å². The summed E-state index contributed by atoms with van der Waals surface area (Å²) in [6.45, 7) is 13.4. The number of rotatable bonds is 9. The number of carbonyl (C=O) groups excluding carboxylic acids is 3. The smallest absolute Gasteiger partial charge is 0.420 e. The van der Waals surface area contributed by atoms with E-state index in [-0.39, 0.29) is 6.42 Å². The summed E-state index contributed by atoms with van der Waals surface area (Å²) in [5.74, 6) is -2.41. The van der Waals surface area contributed by atoms with E-state index in [1.165, 1.54) is 0 Å². The van der Waals surface area contributed by atoms with Gasteiger partial charge in [0.05, 0.1) is 0 Å². The molecule has 0 aromatic rings. The molecule has 0 aliphatic heterocycles. The number of hydrogen-bond donors (Lipinski definition) is 3. The number of carboxylic acid groups (broad SMARTS) is 1. The summed E-state index contributed by atoms with van der Waals surface area (Å²) in [6, 6.07) is -2.51. The van der Waals surface area contributed by atoms with E-state index in [1.807, 2.05) is 0 Å². The van der Waals surface area contributed by atoms with Gasteiger partial charge in [-0.25, -0.2) is 14.4 Å². The van der Waals surface area contributed by atoms with Crippen LogP contribution in [0.25, 0.3) is 0 Å². The molecule has 10 heteroatoms.